The van der Waals surface area contributed by atoms with E-state index in [4.69, 9.17) is 4.74 Å². The maximum Gasteiger partial charge on any atom is 0.123 e. The van der Waals surface area contributed by atoms with Gasteiger partial charge < -0.3 is 10.1 Å². The minimum Gasteiger partial charge on any atom is -0.496 e. The summed E-state index contributed by atoms with van der Waals surface area (Å²) >= 11 is 0. The minimum atomic E-state index is -0.183. The maximum absolute atomic E-state index is 13.6. The highest BCUT2D eigenvalue weighted by Gasteiger charge is 2.24. The number of benzene rings is 1. The molecule has 0 aliphatic carbocycles. The number of rotatable bonds is 6. The lowest BCUT2D eigenvalue weighted by Crippen LogP contribution is -2.45. The van der Waals surface area contributed by atoms with Gasteiger partial charge in [-0.1, -0.05) is 19.8 Å². The fraction of sp³-hybridized carbons (Fsp3) is 0.625. The molecule has 1 saturated heterocycles. The lowest BCUT2D eigenvalue weighted by atomic mass is 9.97. The molecule has 2 rings (SSSR count). The quantitative estimate of drug-likeness (QED) is 0.867. The molecular formula is C16H25FN2O. The summed E-state index contributed by atoms with van der Waals surface area (Å²) in [7, 11) is 1.66. The Morgan fingerprint density at radius 3 is 2.75 bits per heavy atom. The van der Waals surface area contributed by atoms with Crippen LogP contribution in [0, 0.1) is 5.82 Å². The summed E-state index contributed by atoms with van der Waals surface area (Å²) in [6, 6.07) is 5.10. The Morgan fingerprint density at radius 1 is 1.35 bits per heavy atom. The topological polar surface area (TPSA) is 24.5 Å². The molecule has 1 aromatic rings. The molecule has 0 spiro atoms. The molecule has 1 aromatic carbocycles. The van der Waals surface area contributed by atoms with Gasteiger partial charge in [0.2, 0.25) is 0 Å². The van der Waals surface area contributed by atoms with Crippen molar-refractivity contribution in [3.05, 3.63) is 29.6 Å². The molecule has 1 heterocycles. The number of nitrogens with one attached hydrogen (secondary N) is 1. The van der Waals surface area contributed by atoms with Crippen LogP contribution in [-0.4, -0.2) is 38.2 Å². The summed E-state index contributed by atoms with van der Waals surface area (Å²) in [6.45, 7) is 6.21. The lowest BCUT2D eigenvalue weighted by molar-refractivity contribution is 0.160. The van der Waals surface area contributed by atoms with Gasteiger partial charge in [-0.25, -0.2) is 4.39 Å². The second kappa shape index (κ2) is 7.60. The smallest absolute Gasteiger partial charge is 0.123 e. The molecule has 0 aromatic heterocycles. The molecule has 1 fully saturated rings. The van der Waals surface area contributed by atoms with Crippen molar-refractivity contribution >= 4 is 0 Å². The molecular weight excluding hydrogens is 255 g/mol. The normalized spacial score (nSPS) is 17.9. The number of methoxy groups -OCH3 is 1. The van der Waals surface area contributed by atoms with Crippen molar-refractivity contribution in [3.8, 4) is 5.75 Å². The van der Waals surface area contributed by atoms with Gasteiger partial charge in [0.1, 0.15) is 11.6 Å². The van der Waals surface area contributed by atoms with Crippen molar-refractivity contribution in [2.45, 2.75) is 32.2 Å². The third kappa shape index (κ3) is 3.70. The van der Waals surface area contributed by atoms with Crippen LogP contribution in [0.3, 0.4) is 0 Å². The molecule has 3 nitrogen and oxygen atoms in total. The van der Waals surface area contributed by atoms with E-state index in [2.05, 4.69) is 17.1 Å². The maximum atomic E-state index is 13.6. The average Bonchev–Trinajstić information content (AvgIpc) is 2.49. The largest absolute Gasteiger partial charge is 0.496 e. The number of piperazine rings is 1. The Bertz CT molecular complexity index is 419. The van der Waals surface area contributed by atoms with E-state index in [0.29, 0.717) is 0 Å². The summed E-state index contributed by atoms with van der Waals surface area (Å²) in [5, 5.41) is 3.37. The van der Waals surface area contributed by atoms with Crippen molar-refractivity contribution in [2.75, 3.05) is 33.3 Å². The zero-order valence-electron chi connectivity index (χ0n) is 12.5. The summed E-state index contributed by atoms with van der Waals surface area (Å²) in [5.74, 6) is 0.614. The standard InChI is InChI=1S/C16H25FN2O/c1-3-4-5-15(19-10-8-18-9-11-19)14-12-13(17)6-7-16(14)20-2/h6-7,12,15,18H,3-5,8-11H2,1-2H3/t15-/m0/s1. The Labute approximate surface area is 121 Å². The highest BCUT2D eigenvalue weighted by atomic mass is 19.1. The van der Waals surface area contributed by atoms with E-state index in [1.807, 2.05) is 0 Å². The van der Waals surface area contributed by atoms with E-state index in [-0.39, 0.29) is 11.9 Å². The fourth-order valence-corrected chi connectivity index (χ4v) is 2.89. The zero-order valence-corrected chi connectivity index (χ0v) is 12.5. The third-order valence-electron chi connectivity index (χ3n) is 3.97. The van der Waals surface area contributed by atoms with Crippen LogP contribution in [0.2, 0.25) is 0 Å². The van der Waals surface area contributed by atoms with E-state index < -0.39 is 0 Å². The Morgan fingerprint density at radius 2 is 2.10 bits per heavy atom. The summed E-state index contributed by atoms with van der Waals surface area (Å²) in [6.07, 6.45) is 3.35. The van der Waals surface area contributed by atoms with Gasteiger partial charge in [0.05, 0.1) is 7.11 Å². The Balaban J connectivity index is 2.26. The highest BCUT2D eigenvalue weighted by molar-refractivity contribution is 5.36. The predicted molar refractivity (Wildman–Crippen MR) is 79.7 cm³/mol. The van der Waals surface area contributed by atoms with Crippen LogP contribution < -0.4 is 10.1 Å². The van der Waals surface area contributed by atoms with Crippen molar-refractivity contribution in [1.82, 2.24) is 10.2 Å². The molecule has 1 aliphatic rings. The van der Waals surface area contributed by atoms with Crippen LogP contribution >= 0.6 is 0 Å². The number of nitrogens with zero attached hydrogens (tertiary/aromatic N) is 1. The zero-order chi connectivity index (χ0) is 14.4. The first-order chi connectivity index (χ1) is 9.76. The number of hydrogen-bond donors (Lipinski definition) is 1. The first kappa shape index (κ1) is 15.3. The molecule has 0 saturated carbocycles. The van der Waals surface area contributed by atoms with Crippen LogP contribution in [0.4, 0.5) is 4.39 Å². The van der Waals surface area contributed by atoms with E-state index >= 15 is 0 Å². The third-order valence-corrected chi connectivity index (χ3v) is 3.97. The van der Waals surface area contributed by atoms with Gasteiger partial charge in [0, 0.05) is 37.8 Å². The SMILES string of the molecule is CCCC[C@@H](c1cc(F)ccc1OC)N1CCNCC1. The molecule has 112 valence electrons. The van der Waals surface area contributed by atoms with E-state index in [1.165, 1.54) is 6.07 Å². The summed E-state index contributed by atoms with van der Waals surface area (Å²) in [4.78, 5) is 2.45. The second-order valence-electron chi connectivity index (χ2n) is 5.33. The molecule has 1 atom stereocenters. The number of hydrogen-bond acceptors (Lipinski definition) is 3. The molecule has 0 amide bonds. The predicted octanol–water partition coefficient (Wildman–Crippen LogP) is 2.97. The van der Waals surface area contributed by atoms with Gasteiger partial charge in [-0.3, -0.25) is 4.90 Å². The van der Waals surface area contributed by atoms with Crippen molar-refractivity contribution < 1.29 is 9.13 Å². The van der Waals surface area contributed by atoms with Crippen LogP contribution in [0.15, 0.2) is 18.2 Å². The molecule has 0 radical (unpaired) electrons. The molecule has 20 heavy (non-hydrogen) atoms. The van der Waals surface area contributed by atoms with E-state index in [9.17, 15) is 4.39 Å². The number of halogens is 1. The summed E-state index contributed by atoms with van der Waals surface area (Å²) in [5.41, 5.74) is 0.989. The fourth-order valence-electron chi connectivity index (χ4n) is 2.89. The van der Waals surface area contributed by atoms with Crippen molar-refractivity contribution in [1.29, 1.82) is 0 Å². The summed E-state index contributed by atoms with van der Waals surface area (Å²) < 4.78 is 19.1. The van der Waals surface area contributed by atoms with Crippen LogP contribution in [0.25, 0.3) is 0 Å². The number of ether oxygens (including phenoxy) is 1. The Kier molecular flexibility index (Phi) is 5.80. The first-order valence-corrected chi connectivity index (χ1v) is 7.54. The molecule has 1 aliphatic heterocycles. The van der Waals surface area contributed by atoms with Crippen molar-refractivity contribution in [3.63, 3.8) is 0 Å². The molecule has 0 unspecified atom stereocenters. The Hall–Kier alpha value is -1.13. The molecule has 0 bridgehead atoms. The molecule has 4 heteroatoms. The van der Waals surface area contributed by atoms with Gasteiger partial charge in [-0.2, -0.15) is 0 Å². The van der Waals surface area contributed by atoms with Gasteiger partial charge in [-0.05, 0) is 24.6 Å². The van der Waals surface area contributed by atoms with Gasteiger partial charge >= 0.3 is 0 Å². The average molecular weight is 280 g/mol. The van der Waals surface area contributed by atoms with Crippen molar-refractivity contribution in [2.24, 2.45) is 0 Å². The lowest BCUT2D eigenvalue weighted by Gasteiger charge is -2.36. The minimum absolute atomic E-state index is 0.183. The van der Waals surface area contributed by atoms with Gasteiger partial charge in [0.15, 0.2) is 0 Å². The first-order valence-electron chi connectivity index (χ1n) is 7.54. The van der Waals surface area contributed by atoms with Crippen LogP contribution in [-0.2, 0) is 0 Å². The van der Waals surface area contributed by atoms with E-state index in [1.54, 1.807) is 19.2 Å². The second-order valence-corrected chi connectivity index (χ2v) is 5.33. The van der Waals surface area contributed by atoms with Gasteiger partial charge in [0.25, 0.3) is 0 Å². The monoisotopic (exact) mass is 280 g/mol. The van der Waals surface area contributed by atoms with E-state index in [0.717, 1.165) is 56.8 Å². The van der Waals surface area contributed by atoms with Gasteiger partial charge in [-0.15, -0.1) is 0 Å². The molecule has 1 N–H and O–H groups in total. The van der Waals surface area contributed by atoms with Crippen LogP contribution in [0.5, 0.6) is 5.75 Å². The van der Waals surface area contributed by atoms with Crippen LogP contribution in [0.1, 0.15) is 37.8 Å². The highest BCUT2D eigenvalue weighted by Crippen LogP contribution is 2.33. The number of unbranched alkanes of at least 4 members (excludes halogenated alkanes) is 1.